The molecule has 0 aliphatic heterocycles. The number of carbonyl (C=O) groups excluding carboxylic acids is 1. The number of nitrogens with one attached hydrogen (secondary N) is 2. The second kappa shape index (κ2) is 8.77. The molecule has 19 heavy (non-hydrogen) atoms. The lowest BCUT2D eigenvalue weighted by Crippen LogP contribution is -2.41. The first-order valence-electron chi connectivity index (χ1n) is 6.51. The first-order chi connectivity index (χ1) is 9.11. The number of rotatable bonds is 7. The van der Waals surface area contributed by atoms with Crippen molar-refractivity contribution in [2.75, 3.05) is 13.2 Å². The number of urea groups is 1. The van der Waals surface area contributed by atoms with Gasteiger partial charge in [-0.25, -0.2) is 4.79 Å². The highest BCUT2D eigenvalue weighted by molar-refractivity contribution is 6.30. The summed E-state index contributed by atoms with van der Waals surface area (Å²) in [6.07, 6.45) is 2.35. The van der Waals surface area contributed by atoms with Gasteiger partial charge < -0.3 is 15.7 Å². The van der Waals surface area contributed by atoms with Crippen molar-refractivity contribution in [2.24, 2.45) is 0 Å². The van der Waals surface area contributed by atoms with Gasteiger partial charge in [0.05, 0.1) is 0 Å². The number of halogens is 1. The molecule has 0 aliphatic carbocycles. The maximum Gasteiger partial charge on any atom is 0.314 e. The van der Waals surface area contributed by atoms with Gasteiger partial charge in [0.15, 0.2) is 0 Å². The molecule has 0 bridgehead atoms. The van der Waals surface area contributed by atoms with Gasteiger partial charge in [0.1, 0.15) is 0 Å². The number of carbonyl (C=O) groups is 1. The van der Waals surface area contributed by atoms with Crippen molar-refractivity contribution in [3.63, 3.8) is 0 Å². The summed E-state index contributed by atoms with van der Waals surface area (Å²) in [6.45, 7) is 2.57. The molecule has 1 rings (SSSR count). The average Bonchev–Trinajstić information content (AvgIpc) is 2.37. The van der Waals surface area contributed by atoms with Crippen LogP contribution in [-0.2, 0) is 6.42 Å². The summed E-state index contributed by atoms with van der Waals surface area (Å²) in [5.41, 5.74) is 1.21. The average molecular weight is 285 g/mol. The van der Waals surface area contributed by atoms with Crippen molar-refractivity contribution in [2.45, 2.75) is 32.2 Å². The fourth-order valence-corrected chi connectivity index (χ4v) is 1.81. The molecule has 0 fully saturated rings. The minimum Gasteiger partial charge on any atom is -0.396 e. The van der Waals surface area contributed by atoms with Crippen molar-refractivity contribution >= 4 is 17.6 Å². The molecule has 0 saturated heterocycles. The zero-order valence-corrected chi connectivity index (χ0v) is 11.9. The largest absolute Gasteiger partial charge is 0.396 e. The van der Waals surface area contributed by atoms with Crippen molar-refractivity contribution < 1.29 is 9.90 Å². The molecule has 4 nitrogen and oxygen atoms in total. The number of amides is 2. The number of hydrogen-bond donors (Lipinski definition) is 3. The maximum absolute atomic E-state index is 11.5. The topological polar surface area (TPSA) is 61.4 Å². The molecule has 0 radical (unpaired) electrons. The third-order valence-electron chi connectivity index (χ3n) is 2.78. The van der Waals surface area contributed by atoms with E-state index in [0.717, 1.165) is 17.9 Å². The number of benzene rings is 1. The van der Waals surface area contributed by atoms with Gasteiger partial charge in [-0.1, -0.05) is 23.7 Å². The van der Waals surface area contributed by atoms with Gasteiger partial charge in [0.2, 0.25) is 0 Å². The molecular weight excluding hydrogens is 264 g/mol. The Morgan fingerprint density at radius 1 is 1.37 bits per heavy atom. The van der Waals surface area contributed by atoms with E-state index in [1.165, 1.54) is 5.56 Å². The van der Waals surface area contributed by atoms with Crippen molar-refractivity contribution in [3.05, 3.63) is 34.9 Å². The van der Waals surface area contributed by atoms with E-state index in [-0.39, 0.29) is 18.7 Å². The molecule has 3 N–H and O–H groups in total. The van der Waals surface area contributed by atoms with Crippen LogP contribution in [-0.4, -0.2) is 30.3 Å². The molecule has 0 heterocycles. The van der Waals surface area contributed by atoms with E-state index >= 15 is 0 Å². The fraction of sp³-hybridized carbons (Fsp3) is 0.500. The molecule has 1 atom stereocenters. The van der Waals surface area contributed by atoms with Crippen LogP contribution in [0.3, 0.4) is 0 Å². The lowest BCUT2D eigenvalue weighted by atomic mass is 10.1. The predicted molar refractivity (Wildman–Crippen MR) is 77.5 cm³/mol. The standard InChI is InChI=1S/C14H21ClN2O2/c1-11(8-10-18)17-14(19)16-9-2-3-12-4-6-13(15)7-5-12/h4-7,11,18H,2-3,8-10H2,1H3,(H2,16,17,19)/t11-/m1/s1. The monoisotopic (exact) mass is 284 g/mol. The Balaban J connectivity index is 2.13. The van der Waals surface area contributed by atoms with E-state index in [1.807, 2.05) is 31.2 Å². The summed E-state index contributed by atoms with van der Waals surface area (Å²) in [4.78, 5) is 11.5. The Bertz CT molecular complexity index is 382. The highest BCUT2D eigenvalue weighted by Gasteiger charge is 2.05. The van der Waals surface area contributed by atoms with Gasteiger partial charge >= 0.3 is 6.03 Å². The Kier molecular flexibility index (Phi) is 7.30. The summed E-state index contributed by atoms with van der Waals surface area (Å²) in [5, 5.41) is 15.0. The van der Waals surface area contributed by atoms with E-state index in [2.05, 4.69) is 10.6 Å². The number of aliphatic hydroxyl groups excluding tert-OH is 1. The summed E-state index contributed by atoms with van der Waals surface area (Å²) in [7, 11) is 0. The van der Waals surface area contributed by atoms with E-state index in [1.54, 1.807) is 0 Å². The zero-order valence-electron chi connectivity index (χ0n) is 11.2. The minimum absolute atomic E-state index is 0.0127. The molecule has 1 aromatic rings. The molecule has 0 saturated carbocycles. The summed E-state index contributed by atoms with van der Waals surface area (Å²) in [5.74, 6) is 0. The molecule has 0 aromatic heterocycles. The molecule has 5 heteroatoms. The van der Waals surface area contributed by atoms with Crippen LogP contribution in [0.4, 0.5) is 4.79 Å². The highest BCUT2D eigenvalue weighted by Crippen LogP contribution is 2.10. The van der Waals surface area contributed by atoms with Gasteiger partial charge in [0.25, 0.3) is 0 Å². The quantitative estimate of drug-likeness (QED) is 0.673. The van der Waals surface area contributed by atoms with Crippen LogP contribution in [0.5, 0.6) is 0 Å². The SMILES string of the molecule is C[C@H](CCO)NC(=O)NCCCc1ccc(Cl)cc1. The first kappa shape index (κ1) is 15.8. The van der Waals surface area contributed by atoms with E-state index in [4.69, 9.17) is 16.7 Å². The van der Waals surface area contributed by atoms with Crippen LogP contribution in [0.1, 0.15) is 25.3 Å². The summed E-state index contributed by atoms with van der Waals surface area (Å²) < 4.78 is 0. The number of aliphatic hydroxyl groups is 1. The Morgan fingerprint density at radius 3 is 2.68 bits per heavy atom. The van der Waals surface area contributed by atoms with Crippen LogP contribution in [0.2, 0.25) is 5.02 Å². The lowest BCUT2D eigenvalue weighted by molar-refractivity contribution is 0.231. The smallest absolute Gasteiger partial charge is 0.314 e. The van der Waals surface area contributed by atoms with E-state index in [0.29, 0.717) is 13.0 Å². The van der Waals surface area contributed by atoms with E-state index < -0.39 is 0 Å². The van der Waals surface area contributed by atoms with Crippen LogP contribution < -0.4 is 10.6 Å². The predicted octanol–water partition coefficient (Wildman–Crippen LogP) is 2.34. The van der Waals surface area contributed by atoms with Gasteiger partial charge in [-0.2, -0.15) is 0 Å². The van der Waals surface area contributed by atoms with Crippen molar-refractivity contribution in [3.8, 4) is 0 Å². The Labute approximate surface area is 119 Å². The van der Waals surface area contributed by atoms with E-state index in [9.17, 15) is 4.79 Å². The highest BCUT2D eigenvalue weighted by atomic mass is 35.5. The van der Waals surface area contributed by atoms with Gasteiger partial charge in [-0.3, -0.25) is 0 Å². The van der Waals surface area contributed by atoms with Gasteiger partial charge in [-0.15, -0.1) is 0 Å². The summed E-state index contributed by atoms with van der Waals surface area (Å²) >= 11 is 5.81. The summed E-state index contributed by atoms with van der Waals surface area (Å²) in [6, 6.07) is 7.52. The molecule has 0 unspecified atom stereocenters. The molecule has 1 aromatic carbocycles. The third kappa shape index (κ3) is 7.03. The van der Waals surface area contributed by atoms with Crippen LogP contribution in [0.25, 0.3) is 0 Å². The first-order valence-corrected chi connectivity index (χ1v) is 6.89. The van der Waals surface area contributed by atoms with Crippen LogP contribution in [0, 0.1) is 0 Å². The second-order valence-corrected chi connectivity index (χ2v) is 4.98. The zero-order chi connectivity index (χ0) is 14.1. The number of aryl methyl sites for hydroxylation is 1. The third-order valence-corrected chi connectivity index (χ3v) is 3.03. The van der Waals surface area contributed by atoms with Crippen LogP contribution >= 0.6 is 11.6 Å². The van der Waals surface area contributed by atoms with Gasteiger partial charge in [-0.05, 0) is 43.9 Å². The normalized spacial score (nSPS) is 11.9. The minimum atomic E-state index is -0.183. The number of hydrogen-bond acceptors (Lipinski definition) is 2. The molecule has 0 aliphatic rings. The molecule has 0 spiro atoms. The Hall–Kier alpha value is -1.26. The lowest BCUT2D eigenvalue weighted by Gasteiger charge is -2.13. The Morgan fingerprint density at radius 2 is 2.05 bits per heavy atom. The maximum atomic E-state index is 11.5. The van der Waals surface area contributed by atoms with Crippen molar-refractivity contribution in [1.82, 2.24) is 10.6 Å². The second-order valence-electron chi connectivity index (χ2n) is 4.54. The fourth-order valence-electron chi connectivity index (χ4n) is 1.69. The molecule has 2 amide bonds. The van der Waals surface area contributed by atoms with Crippen molar-refractivity contribution in [1.29, 1.82) is 0 Å². The molecule has 106 valence electrons. The molecular formula is C14H21ClN2O2. The van der Waals surface area contributed by atoms with Gasteiger partial charge in [0, 0.05) is 24.2 Å². The van der Waals surface area contributed by atoms with Crippen LogP contribution in [0.15, 0.2) is 24.3 Å².